The smallest absolute Gasteiger partial charge is 0.460 e. The summed E-state index contributed by atoms with van der Waals surface area (Å²) in [6, 6.07) is 10.8. The maximum absolute atomic E-state index is 14.4. The Morgan fingerprint density at radius 2 is 1.10 bits per heavy atom. The molecule has 0 aliphatic rings. The van der Waals surface area contributed by atoms with Gasteiger partial charge in [0.25, 0.3) is 0 Å². The second-order valence-electron chi connectivity index (χ2n) is 18.4. The van der Waals surface area contributed by atoms with Gasteiger partial charge in [-0.3, -0.25) is 0 Å². The molecule has 2 aromatic carbocycles. The van der Waals surface area contributed by atoms with Crippen molar-refractivity contribution in [1.29, 1.82) is 0 Å². The molecule has 2 aromatic rings. The van der Waals surface area contributed by atoms with Crippen molar-refractivity contribution in [3.8, 4) is 17.2 Å². The van der Waals surface area contributed by atoms with Crippen LogP contribution in [0.2, 0.25) is 18.1 Å². The Bertz CT molecular complexity index is 1950. The van der Waals surface area contributed by atoms with E-state index in [4.69, 9.17) is 28.1 Å². The molecule has 0 heterocycles. The first-order valence-electron chi connectivity index (χ1n) is 21.9. The van der Waals surface area contributed by atoms with Crippen molar-refractivity contribution in [3.05, 3.63) is 65.7 Å². The Labute approximate surface area is 397 Å². The highest BCUT2D eigenvalue weighted by atomic mass is 28.4. The highest BCUT2D eigenvalue weighted by Crippen LogP contribution is 2.64. The molecule has 0 bridgehead atoms. The number of rotatable bonds is 29. The van der Waals surface area contributed by atoms with Crippen molar-refractivity contribution in [2.75, 3.05) is 27.4 Å². The molecule has 0 aromatic heterocycles. The highest BCUT2D eigenvalue weighted by Gasteiger charge is 2.95. The third kappa shape index (κ3) is 13.8. The Kier molecular flexibility index (Phi) is 21.1. The lowest BCUT2D eigenvalue weighted by Gasteiger charge is -2.42. The van der Waals surface area contributed by atoms with Gasteiger partial charge in [-0.2, -0.15) is 74.6 Å². The lowest BCUT2D eigenvalue weighted by molar-refractivity contribution is -0.461. The number of allylic oxidation sites excluding steroid dienone is 1. The first-order chi connectivity index (χ1) is 31.8. The van der Waals surface area contributed by atoms with E-state index in [0.29, 0.717) is 36.5 Å². The van der Waals surface area contributed by atoms with Gasteiger partial charge in [0, 0.05) is 24.9 Å². The van der Waals surface area contributed by atoms with Crippen LogP contribution in [-0.2, 0) is 27.1 Å². The number of hydrogen-bond acceptors (Lipinski definition) is 6. The molecule has 0 aliphatic carbocycles. The second-order valence-corrected chi connectivity index (χ2v) is 23.2. The Morgan fingerprint density at radius 1 is 0.600 bits per heavy atom. The molecule has 0 unspecified atom stereocenters. The Morgan fingerprint density at radius 3 is 1.60 bits per heavy atom. The van der Waals surface area contributed by atoms with Crippen LogP contribution in [0.5, 0.6) is 17.2 Å². The summed E-state index contributed by atoms with van der Waals surface area (Å²) in [5, 5.41) is -0.0406. The largest absolute Gasteiger partial charge is 0.494 e. The van der Waals surface area contributed by atoms with E-state index >= 15 is 0 Å². The minimum Gasteiger partial charge on any atom is -0.494 e. The molecule has 24 heteroatoms. The van der Waals surface area contributed by atoms with E-state index in [1.807, 2.05) is 32.9 Å². The molecular weight excluding hydrogens is 1000 g/mol. The van der Waals surface area contributed by atoms with Crippen LogP contribution in [0, 0.1) is 11.8 Å². The van der Waals surface area contributed by atoms with Crippen molar-refractivity contribution in [2.24, 2.45) is 11.8 Å². The molecule has 0 radical (unpaired) electrons. The van der Waals surface area contributed by atoms with Crippen LogP contribution in [0.1, 0.15) is 84.8 Å². The number of methoxy groups -OCH3 is 2. The average Bonchev–Trinajstić information content (AvgIpc) is 3.25. The molecule has 0 amide bonds. The number of hydrogen-bond donors (Lipinski definition) is 0. The van der Waals surface area contributed by atoms with E-state index in [2.05, 4.69) is 39.9 Å². The zero-order chi connectivity index (χ0) is 54.2. The fourth-order valence-corrected chi connectivity index (χ4v) is 7.75. The van der Waals surface area contributed by atoms with Gasteiger partial charge in [-0.05, 0) is 79.2 Å². The molecular formula is C46H61F17O6Si. The molecule has 0 saturated carbocycles. The van der Waals surface area contributed by atoms with Crippen LogP contribution in [0.4, 0.5) is 74.6 Å². The summed E-state index contributed by atoms with van der Waals surface area (Å²) in [5.41, 5.74) is 1.35. The van der Waals surface area contributed by atoms with Crippen LogP contribution < -0.4 is 14.2 Å². The van der Waals surface area contributed by atoms with E-state index in [9.17, 15) is 74.6 Å². The predicted octanol–water partition coefficient (Wildman–Crippen LogP) is 15.4. The van der Waals surface area contributed by atoms with Crippen molar-refractivity contribution < 1.29 is 103 Å². The van der Waals surface area contributed by atoms with Crippen molar-refractivity contribution in [3.63, 3.8) is 0 Å². The molecule has 0 N–H and O–H groups in total. The third-order valence-corrected chi connectivity index (χ3v) is 16.7. The van der Waals surface area contributed by atoms with Crippen molar-refractivity contribution >= 4 is 8.32 Å². The van der Waals surface area contributed by atoms with E-state index in [1.165, 1.54) is 38.5 Å². The van der Waals surface area contributed by atoms with Crippen LogP contribution >= 0.6 is 0 Å². The fourth-order valence-electron chi connectivity index (χ4n) is 6.67. The van der Waals surface area contributed by atoms with Crippen LogP contribution in [0.15, 0.2) is 54.6 Å². The van der Waals surface area contributed by atoms with Gasteiger partial charge in [0.2, 0.25) is 0 Å². The summed E-state index contributed by atoms with van der Waals surface area (Å²) in [6.07, 6.45) is -6.62. The van der Waals surface area contributed by atoms with Crippen LogP contribution in [-0.4, -0.2) is 95.6 Å². The van der Waals surface area contributed by atoms with E-state index in [0.717, 1.165) is 12.0 Å². The van der Waals surface area contributed by atoms with Gasteiger partial charge in [0.15, 0.2) is 19.8 Å². The SMILES string of the molecule is CC/C=C\[C@H](C)[C@H](OCc1ccc(OC)c(OC)c1)[C@@H](C)[C@@H](CCCO[Si](C)(C)C(C)(C)C)OCc1ccc(OCCCC(F)(F)C(F)(F)C(F)(F)C(F)(F)C(F)(F)C(F)(F)C(F)(F)C(F)(F)F)cc1. The molecule has 6 nitrogen and oxygen atoms in total. The van der Waals surface area contributed by atoms with Crippen molar-refractivity contribution in [1.82, 2.24) is 0 Å². The summed E-state index contributed by atoms with van der Waals surface area (Å²) >= 11 is 0. The molecule has 0 saturated heterocycles. The molecule has 0 aliphatic heterocycles. The number of halogens is 17. The Hall–Kier alpha value is -3.51. The molecule has 0 spiro atoms. The van der Waals surface area contributed by atoms with Crippen LogP contribution in [0.3, 0.4) is 0 Å². The monoisotopic (exact) mass is 1060 g/mol. The van der Waals surface area contributed by atoms with Crippen LogP contribution in [0.25, 0.3) is 0 Å². The summed E-state index contributed by atoms with van der Waals surface area (Å²) in [7, 11) is 0.931. The topological polar surface area (TPSA) is 55.4 Å². The molecule has 0 fully saturated rings. The average molecular weight is 1060 g/mol. The molecule has 2 rings (SSSR count). The fraction of sp³-hybridized carbons (Fsp3) is 0.696. The maximum atomic E-state index is 14.4. The molecule has 404 valence electrons. The van der Waals surface area contributed by atoms with Gasteiger partial charge >= 0.3 is 47.6 Å². The van der Waals surface area contributed by atoms with Gasteiger partial charge in [0.05, 0.1) is 46.2 Å². The van der Waals surface area contributed by atoms with E-state index in [1.54, 1.807) is 12.1 Å². The molecule has 4 atom stereocenters. The van der Waals surface area contributed by atoms with Gasteiger partial charge in [0.1, 0.15) is 5.75 Å². The van der Waals surface area contributed by atoms with Crippen molar-refractivity contribution in [2.45, 2.75) is 165 Å². The van der Waals surface area contributed by atoms with Gasteiger partial charge in [-0.15, -0.1) is 0 Å². The second kappa shape index (κ2) is 23.6. The lowest BCUT2D eigenvalue weighted by Crippen LogP contribution is -2.74. The highest BCUT2D eigenvalue weighted by molar-refractivity contribution is 6.74. The normalized spacial score (nSPS) is 16.0. The molecule has 70 heavy (non-hydrogen) atoms. The van der Waals surface area contributed by atoms with Gasteiger partial charge in [-0.1, -0.05) is 71.9 Å². The number of ether oxygens (including phenoxy) is 5. The minimum atomic E-state index is -8.67. The minimum absolute atomic E-state index is 0.00106. The quantitative estimate of drug-likeness (QED) is 0.0350. The van der Waals surface area contributed by atoms with E-state index < -0.39 is 81.5 Å². The predicted molar refractivity (Wildman–Crippen MR) is 229 cm³/mol. The summed E-state index contributed by atoms with van der Waals surface area (Å²) in [4.78, 5) is 0. The maximum Gasteiger partial charge on any atom is 0.460 e. The number of benzene rings is 2. The summed E-state index contributed by atoms with van der Waals surface area (Å²) < 4.78 is 267. The number of alkyl halides is 17. The lowest BCUT2D eigenvalue weighted by atomic mass is 9.86. The van der Waals surface area contributed by atoms with Gasteiger partial charge < -0.3 is 28.1 Å². The first-order valence-corrected chi connectivity index (χ1v) is 24.8. The first kappa shape index (κ1) is 62.6. The Balaban J connectivity index is 2.26. The summed E-state index contributed by atoms with van der Waals surface area (Å²) in [6.45, 7) is 16.2. The third-order valence-electron chi connectivity index (χ3n) is 12.2. The van der Waals surface area contributed by atoms with E-state index in [-0.39, 0.29) is 41.9 Å². The zero-order valence-electron chi connectivity index (χ0n) is 40.2. The zero-order valence-corrected chi connectivity index (χ0v) is 41.2. The standard InChI is InChI=1S/C46H61F17O6Si/c1-11-12-15-29(2)37(68-28-32-19-22-35(64-7)36(26-32)65-8)30(3)34(16-13-25-69-70(9,10)38(4,5)6)67-27-31-17-20-33(21-18-31)66-24-14-23-39(47,48)40(49,50)41(51,52)42(53,54)43(55,56)44(57,58)45(59,60)46(61,62)63/h12,15,17-22,26,29-30,34,37H,11,13-14,16,23-25,27-28H2,1-10H3/b15-12-/t29-,30-,34+,37-/m0/s1. The summed E-state index contributed by atoms with van der Waals surface area (Å²) in [5.74, 6) is -56.0. The van der Waals surface area contributed by atoms with Gasteiger partial charge in [-0.25, -0.2) is 0 Å².